The molecule has 0 atom stereocenters. The molecule has 0 fully saturated rings. The zero-order valence-electron chi connectivity index (χ0n) is 15.1. The van der Waals surface area contributed by atoms with Gasteiger partial charge in [-0.3, -0.25) is 9.59 Å². The Morgan fingerprint density at radius 1 is 1.10 bits per heavy atom. The molecule has 0 spiro atoms. The first kappa shape index (κ1) is 20.6. The number of benzene rings is 2. The van der Waals surface area contributed by atoms with Crippen LogP contribution < -0.4 is 10.9 Å². The van der Waals surface area contributed by atoms with Gasteiger partial charge in [-0.05, 0) is 36.8 Å². The van der Waals surface area contributed by atoms with E-state index in [1.807, 2.05) is 31.2 Å². The summed E-state index contributed by atoms with van der Waals surface area (Å²) in [4.78, 5) is 24.5. The van der Waals surface area contributed by atoms with Gasteiger partial charge in [0.2, 0.25) is 0 Å². The molecular weight excluding hydrogens is 407 g/mol. The number of nitrogens with zero attached hydrogens (tertiary/aromatic N) is 2. The highest BCUT2D eigenvalue weighted by Gasteiger charge is 2.31. The minimum atomic E-state index is -4.58. The van der Waals surface area contributed by atoms with Crippen molar-refractivity contribution in [3.63, 3.8) is 0 Å². The van der Waals surface area contributed by atoms with Crippen LogP contribution in [0.3, 0.4) is 0 Å². The molecule has 3 aromatic rings. The Morgan fingerprint density at radius 3 is 2.45 bits per heavy atom. The van der Waals surface area contributed by atoms with Gasteiger partial charge in [0.15, 0.2) is 0 Å². The van der Waals surface area contributed by atoms with E-state index in [0.29, 0.717) is 0 Å². The average molecular weight is 422 g/mol. The Kier molecular flexibility index (Phi) is 5.74. The summed E-state index contributed by atoms with van der Waals surface area (Å²) < 4.78 is 39.8. The van der Waals surface area contributed by atoms with Gasteiger partial charge in [-0.1, -0.05) is 41.4 Å². The standard InChI is InChI=1S/C20H15ClF3N3O2/c1-12-2-4-13(5-3-12)11-27-18(28)9-8-16(26-27)19(29)25-17-10-14(20(22,23)24)6-7-15(17)21/h2-10H,11H2,1H3,(H,25,29). The van der Waals surface area contributed by atoms with Crippen LogP contribution in [-0.2, 0) is 12.7 Å². The number of amides is 1. The van der Waals surface area contributed by atoms with E-state index in [1.54, 1.807) is 0 Å². The van der Waals surface area contributed by atoms with Gasteiger partial charge >= 0.3 is 6.18 Å². The second kappa shape index (κ2) is 8.08. The van der Waals surface area contributed by atoms with Gasteiger partial charge < -0.3 is 5.32 Å². The Labute approximate surface area is 168 Å². The SMILES string of the molecule is Cc1ccc(Cn2nc(C(=O)Nc3cc(C(F)(F)F)ccc3Cl)ccc2=O)cc1. The fourth-order valence-electron chi connectivity index (χ4n) is 2.53. The zero-order chi connectivity index (χ0) is 21.2. The average Bonchev–Trinajstić information content (AvgIpc) is 2.66. The van der Waals surface area contributed by atoms with Crippen LogP contribution >= 0.6 is 11.6 Å². The molecule has 5 nitrogen and oxygen atoms in total. The first-order chi connectivity index (χ1) is 13.6. The second-order valence-electron chi connectivity index (χ2n) is 6.35. The van der Waals surface area contributed by atoms with Gasteiger partial charge in [-0.15, -0.1) is 0 Å². The molecule has 3 rings (SSSR count). The van der Waals surface area contributed by atoms with E-state index in [4.69, 9.17) is 11.6 Å². The molecule has 1 amide bonds. The number of aryl methyl sites for hydroxylation is 1. The normalized spacial score (nSPS) is 11.3. The van der Waals surface area contributed by atoms with Gasteiger partial charge in [0.1, 0.15) is 5.69 Å². The molecule has 0 saturated heterocycles. The van der Waals surface area contributed by atoms with Crippen LogP contribution in [0.1, 0.15) is 27.2 Å². The lowest BCUT2D eigenvalue weighted by molar-refractivity contribution is -0.137. The molecule has 1 aromatic heterocycles. The molecule has 0 saturated carbocycles. The molecule has 1 heterocycles. The summed E-state index contributed by atoms with van der Waals surface area (Å²) >= 11 is 5.90. The van der Waals surface area contributed by atoms with Crippen LogP contribution in [0.15, 0.2) is 59.4 Å². The molecule has 150 valence electrons. The topological polar surface area (TPSA) is 64.0 Å². The summed E-state index contributed by atoms with van der Waals surface area (Å²) in [5.74, 6) is -0.788. The third-order valence-electron chi connectivity index (χ3n) is 4.09. The van der Waals surface area contributed by atoms with E-state index >= 15 is 0 Å². The number of halogens is 4. The number of rotatable bonds is 4. The minimum Gasteiger partial charge on any atom is -0.319 e. The van der Waals surface area contributed by atoms with Crippen LogP contribution in [0, 0.1) is 6.92 Å². The smallest absolute Gasteiger partial charge is 0.319 e. The molecule has 0 aliphatic carbocycles. The second-order valence-corrected chi connectivity index (χ2v) is 6.75. The monoisotopic (exact) mass is 421 g/mol. The van der Waals surface area contributed by atoms with E-state index in [2.05, 4.69) is 10.4 Å². The summed E-state index contributed by atoms with van der Waals surface area (Å²) in [7, 11) is 0. The maximum atomic E-state index is 12.9. The number of hydrogen-bond donors (Lipinski definition) is 1. The van der Waals surface area contributed by atoms with E-state index in [-0.39, 0.29) is 22.9 Å². The summed E-state index contributed by atoms with van der Waals surface area (Å²) in [5.41, 5.74) is 0.160. The molecule has 0 aliphatic heterocycles. The highest BCUT2D eigenvalue weighted by molar-refractivity contribution is 6.33. The highest BCUT2D eigenvalue weighted by atomic mass is 35.5. The minimum absolute atomic E-state index is 0.0562. The Morgan fingerprint density at radius 2 is 1.79 bits per heavy atom. The number of carbonyl (C=O) groups excluding carboxylic acids is 1. The van der Waals surface area contributed by atoms with Crippen molar-refractivity contribution in [1.29, 1.82) is 0 Å². The first-order valence-corrected chi connectivity index (χ1v) is 8.83. The van der Waals surface area contributed by atoms with Crippen molar-refractivity contribution in [3.8, 4) is 0 Å². The quantitative estimate of drug-likeness (QED) is 0.673. The van der Waals surface area contributed by atoms with Crippen LogP contribution in [0.4, 0.5) is 18.9 Å². The summed E-state index contributed by atoms with van der Waals surface area (Å²) in [6.07, 6.45) is -4.58. The summed E-state index contributed by atoms with van der Waals surface area (Å²) in [5, 5.41) is 6.27. The zero-order valence-corrected chi connectivity index (χ0v) is 15.9. The number of carbonyl (C=O) groups is 1. The molecule has 0 radical (unpaired) electrons. The number of aromatic nitrogens is 2. The van der Waals surface area contributed by atoms with Crippen molar-refractivity contribution < 1.29 is 18.0 Å². The van der Waals surface area contributed by atoms with Gasteiger partial charge in [0.05, 0.1) is 22.8 Å². The van der Waals surface area contributed by atoms with Crippen molar-refractivity contribution in [3.05, 3.63) is 92.4 Å². The Hall–Kier alpha value is -3.13. The van der Waals surface area contributed by atoms with E-state index < -0.39 is 23.2 Å². The maximum Gasteiger partial charge on any atom is 0.416 e. The molecule has 1 N–H and O–H groups in total. The molecule has 0 unspecified atom stereocenters. The van der Waals surface area contributed by atoms with Crippen molar-refractivity contribution in [2.24, 2.45) is 0 Å². The van der Waals surface area contributed by atoms with Crippen molar-refractivity contribution in [2.75, 3.05) is 5.32 Å². The van der Waals surface area contributed by atoms with Gasteiger partial charge in [-0.2, -0.15) is 18.3 Å². The van der Waals surface area contributed by atoms with Gasteiger partial charge in [0, 0.05) is 6.07 Å². The number of anilines is 1. The third kappa shape index (κ3) is 5.03. The van der Waals surface area contributed by atoms with E-state index in [0.717, 1.165) is 34.0 Å². The molecule has 29 heavy (non-hydrogen) atoms. The van der Waals surface area contributed by atoms with Crippen LogP contribution in [0.2, 0.25) is 5.02 Å². The fourth-order valence-corrected chi connectivity index (χ4v) is 2.70. The van der Waals surface area contributed by atoms with Crippen molar-refractivity contribution in [1.82, 2.24) is 9.78 Å². The molecule has 2 aromatic carbocycles. The summed E-state index contributed by atoms with van der Waals surface area (Å²) in [6, 6.07) is 12.4. The van der Waals surface area contributed by atoms with Gasteiger partial charge in [0.25, 0.3) is 11.5 Å². The number of alkyl halides is 3. The van der Waals surface area contributed by atoms with Crippen LogP contribution in [-0.4, -0.2) is 15.7 Å². The molecule has 0 aliphatic rings. The molecular formula is C20H15ClF3N3O2. The molecule has 9 heteroatoms. The van der Waals surface area contributed by atoms with Crippen molar-refractivity contribution in [2.45, 2.75) is 19.6 Å². The van der Waals surface area contributed by atoms with E-state index in [9.17, 15) is 22.8 Å². The Balaban J connectivity index is 1.85. The highest BCUT2D eigenvalue weighted by Crippen LogP contribution is 2.33. The first-order valence-electron chi connectivity index (χ1n) is 8.45. The van der Waals surface area contributed by atoms with Gasteiger partial charge in [-0.25, -0.2) is 4.68 Å². The summed E-state index contributed by atoms with van der Waals surface area (Å²) in [6.45, 7) is 2.07. The Bertz CT molecular complexity index is 1110. The largest absolute Gasteiger partial charge is 0.416 e. The van der Waals surface area contributed by atoms with Crippen LogP contribution in [0.5, 0.6) is 0 Å². The lowest BCUT2D eigenvalue weighted by Crippen LogP contribution is -2.26. The predicted octanol–water partition coefficient (Wildman–Crippen LogP) is 4.52. The van der Waals surface area contributed by atoms with E-state index in [1.165, 1.54) is 12.1 Å². The third-order valence-corrected chi connectivity index (χ3v) is 4.42. The fraction of sp³-hybridized carbons (Fsp3) is 0.150. The number of nitrogens with one attached hydrogen (secondary N) is 1. The maximum absolute atomic E-state index is 12.9. The predicted molar refractivity (Wildman–Crippen MR) is 103 cm³/mol. The van der Waals surface area contributed by atoms with Crippen molar-refractivity contribution >= 4 is 23.2 Å². The lowest BCUT2D eigenvalue weighted by Gasteiger charge is -2.12. The lowest BCUT2D eigenvalue weighted by atomic mass is 10.1. The number of hydrogen-bond acceptors (Lipinski definition) is 3. The molecule has 0 bridgehead atoms. The van der Waals surface area contributed by atoms with Crippen LogP contribution in [0.25, 0.3) is 0 Å².